The van der Waals surface area contributed by atoms with Crippen molar-refractivity contribution in [1.82, 2.24) is 24.5 Å². The van der Waals surface area contributed by atoms with Crippen LogP contribution in [0.4, 0.5) is 4.39 Å². The monoisotopic (exact) mass is 477 g/mol. The van der Waals surface area contributed by atoms with Gasteiger partial charge in [0.2, 0.25) is 0 Å². The van der Waals surface area contributed by atoms with Crippen molar-refractivity contribution in [2.45, 2.75) is 31.4 Å². The number of pyridine rings is 1. The van der Waals surface area contributed by atoms with Gasteiger partial charge in [-0.3, -0.25) is 9.48 Å². The summed E-state index contributed by atoms with van der Waals surface area (Å²) in [6, 6.07) is 6.68. The molecule has 1 aliphatic carbocycles. The van der Waals surface area contributed by atoms with Crippen molar-refractivity contribution in [3.63, 3.8) is 0 Å². The van der Waals surface area contributed by atoms with Crippen LogP contribution in [0.2, 0.25) is 5.02 Å². The highest BCUT2D eigenvalue weighted by atomic mass is 35.5. The van der Waals surface area contributed by atoms with Gasteiger partial charge in [0.15, 0.2) is 0 Å². The lowest BCUT2D eigenvalue weighted by Crippen LogP contribution is -2.20. The minimum absolute atomic E-state index is 0.260. The Bertz CT molecular complexity index is 1520. The molecule has 7 nitrogen and oxygen atoms in total. The molecule has 0 amide bonds. The summed E-state index contributed by atoms with van der Waals surface area (Å²) in [5, 5.41) is 9.81. The summed E-state index contributed by atoms with van der Waals surface area (Å²) in [6.45, 7) is 0.504. The molecule has 0 radical (unpaired) electrons. The Kier molecular flexibility index (Phi) is 5.08. The number of benzene rings is 1. The molecule has 4 heterocycles. The second-order valence-electron chi connectivity index (χ2n) is 8.73. The van der Waals surface area contributed by atoms with E-state index in [0.29, 0.717) is 41.2 Å². The molecule has 4 aromatic rings. The van der Waals surface area contributed by atoms with Gasteiger partial charge in [-0.2, -0.15) is 10.2 Å². The van der Waals surface area contributed by atoms with E-state index in [0.717, 1.165) is 24.0 Å². The van der Waals surface area contributed by atoms with E-state index in [2.05, 4.69) is 10.2 Å². The first-order chi connectivity index (χ1) is 16.5. The molecule has 1 aliphatic heterocycles. The first-order valence-corrected chi connectivity index (χ1v) is 11.5. The van der Waals surface area contributed by atoms with Gasteiger partial charge >= 0.3 is 0 Å². The summed E-state index contributed by atoms with van der Waals surface area (Å²) in [4.78, 5) is 17.8. The van der Waals surface area contributed by atoms with Crippen molar-refractivity contribution < 1.29 is 9.13 Å². The highest BCUT2D eigenvalue weighted by Crippen LogP contribution is 2.37. The van der Waals surface area contributed by atoms with Crippen molar-refractivity contribution in [2.75, 3.05) is 6.61 Å². The number of rotatable bonds is 4. The van der Waals surface area contributed by atoms with Crippen LogP contribution in [0, 0.1) is 5.82 Å². The molecular formula is C25H21ClFN5O2. The van der Waals surface area contributed by atoms with Crippen molar-refractivity contribution in [3.8, 4) is 11.3 Å². The van der Waals surface area contributed by atoms with Gasteiger partial charge < -0.3 is 4.74 Å². The third-order valence-corrected chi connectivity index (χ3v) is 6.59. The van der Waals surface area contributed by atoms with Crippen molar-refractivity contribution in [3.05, 3.63) is 81.4 Å². The van der Waals surface area contributed by atoms with E-state index in [1.807, 2.05) is 23.2 Å². The molecule has 0 spiro atoms. The fraction of sp³-hybridized carbons (Fsp3) is 0.280. The third kappa shape index (κ3) is 3.73. The molecule has 172 valence electrons. The number of fused-ring (bicyclic) bond motifs is 1. The average molecular weight is 478 g/mol. The quantitative estimate of drug-likeness (QED) is 0.419. The number of hydrogen-bond donors (Lipinski definition) is 0. The summed E-state index contributed by atoms with van der Waals surface area (Å²) in [6.07, 6.45) is 10.1. The minimum atomic E-state index is -0.509. The summed E-state index contributed by atoms with van der Waals surface area (Å²) >= 11 is 5.97. The maximum Gasteiger partial charge on any atom is 0.274 e. The van der Waals surface area contributed by atoms with Gasteiger partial charge in [0.1, 0.15) is 11.9 Å². The number of aromatic nitrogens is 5. The molecule has 1 atom stereocenters. The summed E-state index contributed by atoms with van der Waals surface area (Å²) in [5.41, 5.74) is 2.88. The highest BCUT2D eigenvalue weighted by Gasteiger charge is 2.26. The molecule has 34 heavy (non-hydrogen) atoms. The Morgan fingerprint density at radius 1 is 1.15 bits per heavy atom. The second kappa shape index (κ2) is 8.14. The Morgan fingerprint density at radius 3 is 2.79 bits per heavy atom. The number of aryl methyl sites for hydroxylation is 1. The fourth-order valence-corrected chi connectivity index (χ4v) is 4.50. The van der Waals surface area contributed by atoms with Gasteiger partial charge in [-0.05, 0) is 55.2 Å². The first kappa shape index (κ1) is 21.2. The molecule has 0 unspecified atom stereocenters. The number of hydrogen-bond acceptors (Lipinski definition) is 5. The van der Waals surface area contributed by atoms with Crippen molar-refractivity contribution in [1.29, 1.82) is 0 Å². The fourth-order valence-electron chi connectivity index (χ4n) is 4.34. The van der Waals surface area contributed by atoms with E-state index < -0.39 is 5.82 Å². The van der Waals surface area contributed by atoms with Crippen LogP contribution < -0.4 is 5.56 Å². The zero-order valence-corrected chi connectivity index (χ0v) is 19.2. The summed E-state index contributed by atoms with van der Waals surface area (Å²) < 4.78 is 24.2. The number of ether oxygens (including phenoxy) is 1. The molecule has 3 aromatic heterocycles. The zero-order chi connectivity index (χ0) is 23.4. The lowest BCUT2D eigenvalue weighted by Gasteiger charge is -2.22. The highest BCUT2D eigenvalue weighted by molar-refractivity contribution is 6.30. The molecule has 0 saturated heterocycles. The van der Waals surface area contributed by atoms with Crippen molar-refractivity contribution >= 4 is 27.9 Å². The Balaban J connectivity index is 1.50. The minimum Gasteiger partial charge on any atom is -0.369 e. The lowest BCUT2D eigenvalue weighted by molar-refractivity contribution is 0.0826. The van der Waals surface area contributed by atoms with Crippen LogP contribution in [-0.2, 0) is 11.8 Å². The predicted octanol–water partition coefficient (Wildman–Crippen LogP) is 4.86. The smallest absolute Gasteiger partial charge is 0.274 e. The Hall–Kier alpha value is -3.36. The van der Waals surface area contributed by atoms with Crippen LogP contribution in [0.15, 0.2) is 53.7 Å². The molecule has 1 saturated carbocycles. The SMILES string of the molecule is Cn1ncc2c(-c3ccc(Cl)cc3F)nc(C3=C[C@H](c4cnn(C5CC5)c4)OCC3)cc2c1=O. The number of nitrogens with zero attached hydrogens (tertiary/aromatic N) is 5. The topological polar surface area (TPSA) is 74.8 Å². The molecule has 0 N–H and O–H groups in total. The number of halogens is 2. The van der Waals surface area contributed by atoms with Gasteiger partial charge in [-0.25, -0.2) is 14.1 Å². The normalized spacial score (nSPS) is 18.3. The molecule has 9 heteroatoms. The van der Waals surface area contributed by atoms with Crippen molar-refractivity contribution in [2.24, 2.45) is 7.05 Å². The largest absolute Gasteiger partial charge is 0.369 e. The van der Waals surface area contributed by atoms with E-state index in [4.69, 9.17) is 21.3 Å². The molecule has 1 fully saturated rings. The van der Waals surface area contributed by atoms with E-state index in [1.165, 1.54) is 10.7 Å². The summed E-state index contributed by atoms with van der Waals surface area (Å²) in [5.74, 6) is -0.509. The lowest BCUT2D eigenvalue weighted by atomic mass is 9.98. The van der Waals surface area contributed by atoms with Crippen LogP contribution in [0.5, 0.6) is 0 Å². The molecule has 2 aliphatic rings. The van der Waals surface area contributed by atoms with E-state index in [9.17, 15) is 9.18 Å². The van der Waals surface area contributed by atoms with E-state index in [1.54, 1.807) is 31.4 Å². The molecule has 0 bridgehead atoms. The molecule has 6 rings (SSSR count). The standard InChI is InChI=1S/C25H21ClFN5O2/c1-31-25(33)19-10-22(30-24(20(19)12-28-31)18-5-2-16(26)9-21(18)27)14-6-7-34-23(8-14)15-11-29-32(13-15)17-3-4-17/h2,5,8-13,17,23H,3-4,6-7H2,1H3/t23-/m1/s1. The van der Waals surface area contributed by atoms with E-state index in [-0.39, 0.29) is 22.2 Å². The van der Waals surface area contributed by atoms with Crippen LogP contribution in [0.1, 0.15) is 42.7 Å². The average Bonchev–Trinajstić information content (AvgIpc) is 3.57. The van der Waals surface area contributed by atoms with E-state index >= 15 is 0 Å². The van der Waals surface area contributed by atoms with Crippen LogP contribution in [-0.4, -0.2) is 31.2 Å². The van der Waals surface area contributed by atoms with Crippen LogP contribution in [0.25, 0.3) is 27.6 Å². The maximum absolute atomic E-state index is 14.9. The van der Waals surface area contributed by atoms with Gasteiger partial charge in [0.25, 0.3) is 5.56 Å². The maximum atomic E-state index is 14.9. The predicted molar refractivity (Wildman–Crippen MR) is 127 cm³/mol. The van der Waals surface area contributed by atoms with Crippen LogP contribution in [0.3, 0.4) is 0 Å². The third-order valence-electron chi connectivity index (χ3n) is 6.35. The molecular weight excluding hydrogens is 457 g/mol. The van der Waals surface area contributed by atoms with Gasteiger partial charge in [0.05, 0.1) is 41.8 Å². The summed E-state index contributed by atoms with van der Waals surface area (Å²) in [7, 11) is 1.59. The van der Waals surface area contributed by atoms with Gasteiger partial charge in [-0.15, -0.1) is 0 Å². The molecule has 1 aromatic carbocycles. The Morgan fingerprint density at radius 2 is 2.00 bits per heavy atom. The van der Waals surface area contributed by atoms with Crippen LogP contribution >= 0.6 is 11.6 Å². The zero-order valence-electron chi connectivity index (χ0n) is 18.4. The first-order valence-electron chi connectivity index (χ1n) is 11.2. The van der Waals surface area contributed by atoms with Gasteiger partial charge in [-0.1, -0.05) is 11.6 Å². The second-order valence-corrected chi connectivity index (χ2v) is 9.17. The van der Waals surface area contributed by atoms with Gasteiger partial charge in [0, 0.05) is 34.8 Å². The Labute approximate surface area is 199 Å².